The number of carbonyl (C=O) groups is 1. The highest BCUT2D eigenvalue weighted by Crippen LogP contribution is 2.33. The summed E-state index contributed by atoms with van der Waals surface area (Å²) in [6.45, 7) is 3.30. The molecule has 0 amide bonds. The van der Waals surface area contributed by atoms with E-state index in [1.165, 1.54) is 14.0 Å². The zero-order valence-electron chi connectivity index (χ0n) is 20.4. The van der Waals surface area contributed by atoms with Crippen molar-refractivity contribution < 1.29 is 29.6 Å². The summed E-state index contributed by atoms with van der Waals surface area (Å²) in [6.07, 6.45) is -0.170. The molecule has 6 N–H and O–H groups in total. The van der Waals surface area contributed by atoms with E-state index in [-0.39, 0.29) is 30.6 Å². The number of guanidine groups is 1. The highest BCUT2D eigenvalue weighted by molar-refractivity contribution is 5.77. The van der Waals surface area contributed by atoms with E-state index in [0.717, 1.165) is 5.56 Å². The molecular formula is C25H37N3O6. The first kappa shape index (κ1) is 27.3. The molecule has 0 aliphatic heterocycles. The molecule has 188 valence electrons. The number of phenolic OH excluding ortho intramolecular Hbond substituents is 1. The smallest absolute Gasteiger partial charge is 0.302 e. The molecule has 0 bridgehead atoms. The SMILES string of the molecule is CN=C(N)NC[C@]1([C@H](C)O)C#CC[C@H](Cc2ccc(O)c(OC)c2)[C@@H](OC(C)=O)C[C@@H](O)CC1. The van der Waals surface area contributed by atoms with Crippen LogP contribution < -0.4 is 15.8 Å². The van der Waals surface area contributed by atoms with Crippen molar-refractivity contribution in [3.05, 3.63) is 23.8 Å². The van der Waals surface area contributed by atoms with Crippen LogP contribution in [0.5, 0.6) is 11.5 Å². The molecule has 0 saturated carbocycles. The van der Waals surface area contributed by atoms with Crippen molar-refractivity contribution in [3.63, 3.8) is 0 Å². The Balaban J connectivity index is 2.41. The van der Waals surface area contributed by atoms with Crippen molar-refractivity contribution in [2.75, 3.05) is 20.7 Å². The summed E-state index contributed by atoms with van der Waals surface area (Å²) in [5, 5.41) is 34.4. The summed E-state index contributed by atoms with van der Waals surface area (Å²) in [7, 11) is 3.05. The van der Waals surface area contributed by atoms with E-state index in [1.807, 2.05) is 0 Å². The maximum atomic E-state index is 11.8. The van der Waals surface area contributed by atoms with Crippen LogP contribution >= 0.6 is 0 Å². The maximum absolute atomic E-state index is 11.8. The van der Waals surface area contributed by atoms with Gasteiger partial charge in [0.2, 0.25) is 0 Å². The van der Waals surface area contributed by atoms with Crippen LogP contribution in [0.1, 0.15) is 45.1 Å². The first-order valence-electron chi connectivity index (χ1n) is 11.5. The summed E-state index contributed by atoms with van der Waals surface area (Å²) in [4.78, 5) is 15.7. The summed E-state index contributed by atoms with van der Waals surface area (Å²) in [5.41, 5.74) is 5.83. The Hall–Kier alpha value is -2.96. The molecular weight excluding hydrogens is 438 g/mol. The fourth-order valence-electron chi connectivity index (χ4n) is 4.19. The van der Waals surface area contributed by atoms with Crippen LogP contribution in [0.25, 0.3) is 0 Å². The Morgan fingerprint density at radius 1 is 1.44 bits per heavy atom. The normalized spacial score (nSPS) is 26.5. The zero-order valence-corrected chi connectivity index (χ0v) is 20.4. The number of nitrogens with zero attached hydrogens (tertiary/aromatic N) is 1. The Kier molecular flexibility index (Phi) is 10.0. The molecule has 1 aromatic carbocycles. The van der Waals surface area contributed by atoms with Gasteiger partial charge in [-0.1, -0.05) is 12.0 Å². The van der Waals surface area contributed by atoms with Gasteiger partial charge in [-0.15, -0.1) is 5.92 Å². The van der Waals surface area contributed by atoms with Crippen molar-refractivity contribution in [1.29, 1.82) is 0 Å². The maximum Gasteiger partial charge on any atom is 0.302 e. The Morgan fingerprint density at radius 2 is 2.18 bits per heavy atom. The van der Waals surface area contributed by atoms with E-state index in [4.69, 9.17) is 15.2 Å². The molecule has 0 radical (unpaired) electrons. The molecule has 1 aromatic rings. The Bertz CT molecular complexity index is 923. The highest BCUT2D eigenvalue weighted by atomic mass is 16.5. The van der Waals surface area contributed by atoms with Gasteiger partial charge >= 0.3 is 5.97 Å². The minimum absolute atomic E-state index is 0.0352. The minimum atomic E-state index is -0.836. The number of ether oxygens (including phenoxy) is 2. The van der Waals surface area contributed by atoms with E-state index in [9.17, 15) is 20.1 Å². The van der Waals surface area contributed by atoms with Crippen molar-refractivity contribution in [3.8, 4) is 23.3 Å². The zero-order chi connectivity index (χ0) is 25.3. The molecule has 0 fully saturated rings. The Morgan fingerprint density at radius 3 is 2.79 bits per heavy atom. The monoisotopic (exact) mass is 475 g/mol. The fourth-order valence-corrected chi connectivity index (χ4v) is 4.19. The summed E-state index contributed by atoms with van der Waals surface area (Å²) < 4.78 is 10.8. The van der Waals surface area contributed by atoms with Gasteiger partial charge in [0.25, 0.3) is 0 Å². The lowest BCUT2D eigenvalue weighted by Gasteiger charge is -2.35. The summed E-state index contributed by atoms with van der Waals surface area (Å²) >= 11 is 0. The lowest BCUT2D eigenvalue weighted by atomic mass is 9.76. The molecule has 0 saturated heterocycles. The number of aliphatic hydroxyl groups excluding tert-OH is 2. The van der Waals surface area contributed by atoms with Crippen LogP contribution in [0.15, 0.2) is 23.2 Å². The molecule has 0 unspecified atom stereocenters. The second-order valence-corrected chi connectivity index (χ2v) is 8.85. The van der Waals surface area contributed by atoms with Gasteiger partial charge in [0.05, 0.1) is 24.7 Å². The van der Waals surface area contributed by atoms with Crippen molar-refractivity contribution in [2.45, 2.75) is 64.3 Å². The number of aliphatic hydroxyl groups is 2. The number of aromatic hydroxyl groups is 1. The number of rotatable bonds is 7. The number of hydrogen-bond acceptors (Lipinski definition) is 7. The molecule has 9 heteroatoms. The number of hydrogen-bond donors (Lipinski definition) is 5. The molecule has 5 atom stereocenters. The lowest BCUT2D eigenvalue weighted by molar-refractivity contribution is -0.151. The number of esters is 1. The number of nitrogens with two attached hydrogens (primary N) is 1. The largest absolute Gasteiger partial charge is 0.504 e. The summed E-state index contributed by atoms with van der Waals surface area (Å²) in [6, 6.07) is 5.07. The molecule has 1 aliphatic rings. The second-order valence-electron chi connectivity index (χ2n) is 8.85. The molecule has 1 aliphatic carbocycles. The van der Waals surface area contributed by atoms with Gasteiger partial charge in [0.15, 0.2) is 17.5 Å². The fraction of sp³-hybridized carbons (Fsp3) is 0.600. The van der Waals surface area contributed by atoms with Gasteiger partial charge in [-0.3, -0.25) is 9.79 Å². The van der Waals surface area contributed by atoms with Gasteiger partial charge in [-0.05, 0) is 43.9 Å². The van der Waals surface area contributed by atoms with E-state index in [2.05, 4.69) is 22.2 Å². The van der Waals surface area contributed by atoms with Gasteiger partial charge in [0.1, 0.15) is 6.10 Å². The van der Waals surface area contributed by atoms with Gasteiger partial charge in [-0.2, -0.15) is 0 Å². The predicted molar refractivity (Wildman–Crippen MR) is 129 cm³/mol. The molecule has 34 heavy (non-hydrogen) atoms. The van der Waals surface area contributed by atoms with Crippen molar-refractivity contribution in [2.24, 2.45) is 22.1 Å². The first-order chi connectivity index (χ1) is 16.1. The number of methoxy groups -OCH3 is 1. The number of carbonyl (C=O) groups excluding carboxylic acids is 1. The van der Waals surface area contributed by atoms with Crippen LogP contribution in [0.3, 0.4) is 0 Å². The molecule has 0 spiro atoms. The van der Waals surface area contributed by atoms with Crippen LogP contribution in [-0.4, -0.2) is 66.3 Å². The Labute approximate surface area is 201 Å². The van der Waals surface area contributed by atoms with Crippen molar-refractivity contribution in [1.82, 2.24) is 5.32 Å². The van der Waals surface area contributed by atoms with E-state index in [1.54, 1.807) is 32.2 Å². The topological polar surface area (TPSA) is 147 Å². The quantitative estimate of drug-likeness (QED) is 0.172. The second kappa shape index (κ2) is 12.5. The van der Waals surface area contributed by atoms with E-state index >= 15 is 0 Å². The van der Waals surface area contributed by atoms with E-state index < -0.39 is 29.7 Å². The van der Waals surface area contributed by atoms with Gasteiger partial charge in [-0.25, -0.2) is 0 Å². The third-order valence-electron chi connectivity index (χ3n) is 6.34. The van der Waals surface area contributed by atoms with Crippen LogP contribution in [0.2, 0.25) is 0 Å². The highest BCUT2D eigenvalue weighted by Gasteiger charge is 2.36. The summed E-state index contributed by atoms with van der Waals surface area (Å²) in [5.74, 6) is 6.43. The first-order valence-corrected chi connectivity index (χ1v) is 11.5. The minimum Gasteiger partial charge on any atom is -0.504 e. The third kappa shape index (κ3) is 7.54. The van der Waals surface area contributed by atoms with Gasteiger partial charge < -0.3 is 35.8 Å². The molecule has 9 nitrogen and oxygen atoms in total. The number of phenols is 1. The third-order valence-corrected chi connectivity index (χ3v) is 6.34. The molecule has 2 rings (SSSR count). The van der Waals surface area contributed by atoms with Gasteiger partial charge in [0, 0.05) is 39.3 Å². The molecule has 0 heterocycles. The van der Waals surface area contributed by atoms with Crippen LogP contribution in [0, 0.1) is 23.2 Å². The van der Waals surface area contributed by atoms with Crippen LogP contribution in [-0.2, 0) is 16.0 Å². The standard InChI is InChI=1S/C25H37N3O6/c1-16(29)25(15-28-24(26)27-3)10-5-6-19(12-18-7-8-21(32)23(13-18)33-4)22(34-17(2)30)14-20(31)9-11-25/h7-8,13,16,19-20,22,29,31-32H,6,9,11-12,14-15H2,1-4H3,(H3,26,27,28)/t16-,19+,20-,22-,25-/m0/s1. The number of benzene rings is 1. The predicted octanol–water partition coefficient (Wildman–Crippen LogP) is 1.33. The van der Waals surface area contributed by atoms with Crippen molar-refractivity contribution >= 4 is 11.9 Å². The number of nitrogens with one attached hydrogen (secondary N) is 1. The molecule has 0 aromatic heterocycles. The van der Waals surface area contributed by atoms with Crippen LogP contribution in [0.4, 0.5) is 0 Å². The average molecular weight is 476 g/mol. The average Bonchev–Trinajstić information content (AvgIpc) is 2.79. The van der Waals surface area contributed by atoms with E-state index in [0.29, 0.717) is 31.4 Å². The number of aliphatic imine (C=N–C) groups is 1. The lowest BCUT2D eigenvalue weighted by Crippen LogP contribution is -2.46.